The fourth-order valence-corrected chi connectivity index (χ4v) is 4.41. The van der Waals surface area contributed by atoms with Gasteiger partial charge in [0.05, 0.1) is 11.7 Å². The highest BCUT2D eigenvalue weighted by molar-refractivity contribution is 7.71. The zero-order valence-electron chi connectivity index (χ0n) is 14.3. The number of imidazole rings is 1. The number of nitrogens with one attached hydrogen (secondary N) is 1. The summed E-state index contributed by atoms with van der Waals surface area (Å²) in [4.78, 5) is 22.2. The normalized spacial score (nSPS) is 11.3. The number of fused-ring (bicyclic) bond motifs is 1. The van der Waals surface area contributed by atoms with Crippen molar-refractivity contribution in [2.24, 2.45) is 0 Å². The smallest absolute Gasteiger partial charge is 0.263 e. The number of nitrogens with zero attached hydrogens (tertiary/aromatic N) is 3. The molecule has 3 heterocycles. The van der Waals surface area contributed by atoms with E-state index in [-0.39, 0.29) is 5.56 Å². The van der Waals surface area contributed by atoms with Crippen LogP contribution in [0.3, 0.4) is 0 Å². The Bertz CT molecular complexity index is 1170. The van der Waals surface area contributed by atoms with Crippen molar-refractivity contribution >= 4 is 33.8 Å². The number of benzene rings is 1. The van der Waals surface area contributed by atoms with Crippen molar-refractivity contribution in [3.05, 3.63) is 69.7 Å². The van der Waals surface area contributed by atoms with Crippen LogP contribution in [0.4, 0.5) is 0 Å². The molecule has 0 saturated carbocycles. The van der Waals surface area contributed by atoms with Gasteiger partial charge in [0.25, 0.3) is 5.56 Å². The highest BCUT2D eigenvalue weighted by Gasteiger charge is 2.11. The highest BCUT2D eigenvalue weighted by atomic mass is 32.1. The minimum absolute atomic E-state index is 0.0236. The monoisotopic (exact) mass is 382 g/mol. The van der Waals surface area contributed by atoms with Crippen LogP contribution < -0.4 is 5.56 Å². The Labute approximate surface area is 159 Å². The Morgan fingerprint density at radius 3 is 2.77 bits per heavy atom. The van der Waals surface area contributed by atoms with Gasteiger partial charge < -0.3 is 9.55 Å². The molecule has 0 fully saturated rings. The van der Waals surface area contributed by atoms with Gasteiger partial charge in [-0.1, -0.05) is 30.3 Å². The van der Waals surface area contributed by atoms with Crippen molar-refractivity contribution in [2.45, 2.75) is 26.4 Å². The predicted octanol–water partition coefficient (Wildman–Crippen LogP) is 4.38. The number of thiophene rings is 1. The van der Waals surface area contributed by atoms with Gasteiger partial charge in [0.1, 0.15) is 4.83 Å². The van der Waals surface area contributed by atoms with E-state index in [9.17, 15) is 4.79 Å². The number of hydrogen-bond acceptors (Lipinski definition) is 4. The van der Waals surface area contributed by atoms with E-state index in [1.165, 1.54) is 0 Å². The van der Waals surface area contributed by atoms with E-state index in [4.69, 9.17) is 12.2 Å². The first-order valence-corrected chi connectivity index (χ1v) is 9.65. The molecular weight excluding hydrogens is 364 g/mol. The number of aryl methyl sites for hydroxylation is 2. The van der Waals surface area contributed by atoms with Crippen LogP contribution in [0.2, 0.25) is 0 Å². The van der Waals surface area contributed by atoms with Gasteiger partial charge in [-0.3, -0.25) is 9.36 Å². The molecule has 0 unspecified atom stereocenters. The summed E-state index contributed by atoms with van der Waals surface area (Å²) in [5.74, 6) is 0. The van der Waals surface area contributed by atoms with Crippen LogP contribution in [0.25, 0.3) is 20.7 Å². The highest BCUT2D eigenvalue weighted by Crippen LogP contribution is 2.30. The Kier molecular flexibility index (Phi) is 4.57. The summed E-state index contributed by atoms with van der Waals surface area (Å²) in [6.45, 7) is 3.41. The molecule has 7 heteroatoms. The van der Waals surface area contributed by atoms with E-state index < -0.39 is 0 Å². The van der Waals surface area contributed by atoms with Crippen molar-refractivity contribution in [1.29, 1.82) is 0 Å². The van der Waals surface area contributed by atoms with Crippen LogP contribution in [0.15, 0.2) is 53.7 Å². The summed E-state index contributed by atoms with van der Waals surface area (Å²) in [5, 5.41) is 0.696. The zero-order chi connectivity index (χ0) is 18.1. The van der Waals surface area contributed by atoms with Gasteiger partial charge in [0.15, 0.2) is 4.77 Å². The molecule has 0 spiro atoms. The van der Waals surface area contributed by atoms with Gasteiger partial charge in [-0.25, -0.2) is 4.98 Å². The lowest BCUT2D eigenvalue weighted by Gasteiger charge is -2.08. The molecular formula is C19H18N4OS2. The zero-order valence-corrected chi connectivity index (χ0v) is 15.9. The molecule has 132 valence electrons. The van der Waals surface area contributed by atoms with E-state index >= 15 is 0 Å². The Hall–Kier alpha value is -2.51. The molecule has 0 radical (unpaired) electrons. The number of hydrogen-bond donors (Lipinski definition) is 1. The molecule has 0 aliphatic heterocycles. The average Bonchev–Trinajstić information content (AvgIpc) is 3.25. The van der Waals surface area contributed by atoms with Gasteiger partial charge in [-0.05, 0) is 37.2 Å². The number of H-pyrrole nitrogens is 1. The molecule has 0 saturated heterocycles. The van der Waals surface area contributed by atoms with Crippen molar-refractivity contribution < 1.29 is 0 Å². The van der Waals surface area contributed by atoms with E-state index in [0.29, 0.717) is 16.7 Å². The van der Waals surface area contributed by atoms with E-state index in [2.05, 4.69) is 14.5 Å². The summed E-state index contributed by atoms with van der Waals surface area (Å²) < 4.78 is 4.21. The lowest BCUT2D eigenvalue weighted by molar-refractivity contribution is 0.540. The van der Waals surface area contributed by atoms with E-state index in [1.54, 1.807) is 15.9 Å². The van der Waals surface area contributed by atoms with Crippen LogP contribution >= 0.6 is 23.6 Å². The van der Waals surface area contributed by atoms with Crippen LogP contribution in [-0.4, -0.2) is 19.1 Å². The molecule has 0 bridgehead atoms. The fraction of sp³-hybridized carbons (Fsp3) is 0.211. The molecule has 3 aromatic heterocycles. The molecule has 26 heavy (non-hydrogen) atoms. The number of aromatic amines is 1. The minimum atomic E-state index is -0.0236. The van der Waals surface area contributed by atoms with Crippen LogP contribution in [0, 0.1) is 11.7 Å². The Balaban J connectivity index is 1.64. The molecule has 0 aliphatic carbocycles. The SMILES string of the molecule is Cc1cncn1CCCn1c(=S)[nH]c2sc(-c3ccccc3)cc2c1=O. The maximum atomic E-state index is 12.9. The molecule has 0 aliphatic rings. The van der Waals surface area contributed by atoms with Gasteiger partial charge in [0.2, 0.25) is 0 Å². The first kappa shape index (κ1) is 16.9. The molecule has 4 rings (SSSR count). The summed E-state index contributed by atoms with van der Waals surface area (Å²) >= 11 is 6.99. The van der Waals surface area contributed by atoms with Gasteiger partial charge >= 0.3 is 0 Å². The van der Waals surface area contributed by atoms with Crippen LogP contribution in [0.1, 0.15) is 12.1 Å². The molecule has 4 aromatic rings. The number of rotatable bonds is 5. The largest absolute Gasteiger partial charge is 0.335 e. The second-order valence-corrected chi connectivity index (χ2v) is 7.63. The maximum absolute atomic E-state index is 12.9. The van der Waals surface area contributed by atoms with Crippen LogP contribution in [-0.2, 0) is 13.1 Å². The lowest BCUT2D eigenvalue weighted by atomic mass is 10.2. The number of aromatic nitrogens is 4. The standard InChI is InChI=1S/C19H18N4OS2/c1-13-11-20-12-22(13)8-5-9-23-18(24)15-10-16(14-6-3-2-4-7-14)26-17(15)21-19(23)25/h2-4,6-7,10-12H,5,8-9H2,1H3,(H,21,25). The molecule has 1 aromatic carbocycles. The fourth-order valence-electron chi connectivity index (χ4n) is 3.01. The minimum Gasteiger partial charge on any atom is -0.335 e. The first-order chi connectivity index (χ1) is 12.6. The van der Waals surface area contributed by atoms with E-state index in [1.807, 2.05) is 55.8 Å². The second kappa shape index (κ2) is 7.01. The summed E-state index contributed by atoms with van der Waals surface area (Å²) in [5.41, 5.74) is 2.20. The lowest BCUT2D eigenvalue weighted by Crippen LogP contribution is -2.22. The van der Waals surface area contributed by atoms with Gasteiger partial charge in [0, 0.05) is 29.9 Å². The van der Waals surface area contributed by atoms with Crippen molar-refractivity contribution in [2.75, 3.05) is 0 Å². The third-order valence-corrected chi connectivity index (χ3v) is 5.85. The predicted molar refractivity (Wildman–Crippen MR) is 108 cm³/mol. The summed E-state index contributed by atoms with van der Waals surface area (Å²) in [6.07, 6.45) is 4.46. The Morgan fingerprint density at radius 1 is 1.23 bits per heavy atom. The molecule has 0 amide bonds. The first-order valence-electron chi connectivity index (χ1n) is 8.42. The average molecular weight is 383 g/mol. The second-order valence-electron chi connectivity index (χ2n) is 6.19. The van der Waals surface area contributed by atoms with Crippen molar-refractivity contribution in [3.63, 3.8) is 0 Å². The Morgan fingerprint density at radius 2 is 2.04 bits per heavy atom. The van der Waals surface area contributed by atoms with Crippen LogP contribution in [0.5, 0.6) is 0 Å². The summed E-state index contributed by atoms with van der Waals surface area (Å²) in [7, 11) is 0. The quantitative estimate of drug-likeness (QED) is 0.521. The molecule has 1 N–H and O–H groups in total. The van der Waals surface area contributed by atoms with Gasteiger partial charge in [-0.2, -0.15) is 0 Å². The van der Waals surface area contributed by atoms with Gasteiger partial charge in [-0.15, -0.1) is 11.3 Å². The third kappa shape index (κ3) is 3.15. The summed E-state index contributed by atoms with van der Waals surface area (Å²) in [6, 6.07) is 12.0. The molecule has 5 nitrogen and oxygen atoms in total. The molecule has 0 atom stereocenters. The maximum Gasteiger partial charge on any atom is 0.263 e. The third-order valence-electron chi connectivity index (χ3n) is 4.43. The van der Waals surface area contributed by atoms with Crippen molar-refractivity contribution in [3.8, 4) is 10.4 Å². The topological polar surface area (TPSA) is 55.6 Å². The van der Waals surface area contributed by atoms with E-state index in [0.717, 1.165) is 33.9 Å². The van der Waals surface area contributed by atoms with Crippen molar-refractivity contribution in [1.82, 2.24) is 19.1 Å².